The third-order valence-electron chi connectivity index (χ3n) is 6.69. The highest BCUT2D eigenvalue weighted by molar-refractivity contribution is 6.02. The normalized spacial score (nSPS) is 32.8. The van der Waals surface area contributed by atoms with E-state index in [0.29, 0.717) is 17.8 Å². The summed E-state index contributed by atoms with van der Waals surface area (Å²) in [5.41, 5.74) is 10.2. The van der Waals surface area contributed by atoms with Crippen LogP contribution in [-0.2, 0) is 6.42 Å². The Morgan fingerprint density at radius 3 is 2.52 bits per heavy atom. The van der Waals surface area contributed by atoms with Crippen LogP contribution in [0.5, 0.6) is 0 Å². The van der Waals surface area contributed by atoms with E-state index < -0.39 is 0 Å². The molecule has 0 spiro atoms. The van der Waals surface area contributed by atoms with Gasteiger partial charge in [0.05, 0.1) is 11.1 Å². The van der Waals surface area contributed by atoms with Gasteiger partial charge in [0, 0.05) is 31.5 Å². The van der Waals surface area contributed by atoms with E-state index in [-0.39, 0.29) is 18.3 Å². The molecule has 1 saturated carbocycles. The maximum absolute atomic E-state index is 12.4. The summed E-state index contributed by atoms with van der Waals surface area (Å²) in [6.45, 7) is 5.89. The van der Waals surface area contributed by atoms with Crippen LogP contribution in [0.25, 0.3) is 5.52 Å². The lowest BCUT2D eigenvalue weighted by molar-refractivity contribution is -0.0360. The van der Waals surface area contributed by atoms with Crippen LogP contribution in [0, 0.1) is 17.8 Å². The Balaban J connectivity index is 0.00000157. The number of amides is 1. The predicted octanol–water partition coefficient (Wildman–Crippen LogP) is 3.08. The molecular weight excluding hydrogens is 334 g/mol. The van der Waals surface area contributed by atoms with Crippen molar-refractivity contribution in [2.75, 3.05) is 19.6 Å². The molecule has 4 bridgehead atoms. The summed E-state index contributed by atoms with van der Waals surface area (Å²) in [5.74, 6) is 2.50. The van der Waals surface area contributed by atoms with Crippen molar-refractivity contribution in [2.45, 2.75) is 32.1 Å². The number of hydrogen-bond donors (Lipinski definition) is 1. The number of fused-ring (bicyclic) bond motifs is 1. The van der Waals surface area contributed by atoms with E-state index in [4.69, 9.17) is 5.73 Å². The second-order valence-electron chi connectivity index (χ2n) is 8.01. The maximum atomic E-state index is 12.4. The van der Waals surface area contributed by atoms with Crippen molar-refractivity contribution in [1.29, 1.82) is 0 Å². The average Bonchev–Trinajstić information content (AvgIpc) is 2.88. The molecule has 0 radical (unpaired) electrons. The first-order valence-electron chi connectivity index (χ1n) is 9.31. The van der Waals surface area contributed by atoms with Gasteiger partial charge in [-0.05, 0) is 60.6 Å². The predicted molar refractivity (Wildman–Crippen MR) is 101 cm³/mol. The summed E-state index contributed by atoms with van der Waals surface area (Å²) in [5, 5.41) is 0. The van der Waals surface area contributed by atoms with Gasteiger partial charge in [0.25, 0.3) is 5.91 Å². The van der Waals surface area contributed by atoms with Crippen LogP contribution in [0.15, 0.2) is 24.4 Å². The van der Waals surface area contributed by atoms with E-state index in [0.717, 1.165) is 23.4 Å². The van der Waals surface area contributed by atoms with Crippen LogP contribution in [0.1, 0.15) is 47.3 Å². The van der Waals surface area contributed by atoms with E-state index >= 15 is 0 Å². The highest BCUT2D eigenvalue weighted by atomic mass is 35.5. The number of piperidine rings is 3. The quantitative estimate of drug-likeness (QED) is 0.915. The zero-order chi connectivity index (χ0) is 16.4. The number of halogens is 1. The fourth-order valence-electron chi connectivity index (χ4n) is 6.15. The van der Waals surface area contributed by atoms with Crippen molar-refractivity contribution in [3.63, 3.8) is 0 Å². The van der Waals surface area contributed by atoms with E-state index in [1.54, 1.807) is 0 Å². The average molecular weight is 360 g/mol. The van der Waals surface area contributed by atoms with Crippen LogP contribution in [-0.4, -0.2) is 34.8 Å². The number of nitrogens with two attached hydrogens (primary N) is 1. The van der Waals surface area contributed by atoms with Crippen LogP contribution in [0.4, 0.5) is 0 Å². The van der Waals surface area contributed by atoms with Crippen molar-refractivity contribution in [1.82, 2.24) is 9.30 Å². The minimum absolute atomic E-state index is 0. The molecule has 5 heteroatoms. The Kier molecular flexibility index (Phi) is 4.08. The highest BCUT2D eigenvalue weighted by Crippen LogP contribution is 2.53. The number of carbonyl (C=O) groups is 1. The molecule has 0 aromatic carbocycles. The molecule has 4 aliphatic rings. The smallest absolute Gasteiger partial charge is 0.251 e. The molecule has 4 nitrogen and oxygen atoms in total. The van der Waals surface area contributed by atoms with Crippen molar-refractivity contribution >= 4 is 23.8 Å². The third-order valence-corrected chi connectivity index (χ3v) is 6.69. The number of pyridine rings is 1. The standard InChI is InChI=1S/C20H25N3O.ClH/c1-2-15-18(19(20(21)24)16-5-3-4-6-23(15)16)17-13-7-12-8-14(17)11-22(9-12)10-13;/h3-6,12-14,17H,2,7-11H2,1H3,(H2,21,24);1H/t12?,13-,14+,17?;. The summed E-state index contributed by atoms with van der Waals surface area (Å²) in [6.07, 6.45) is 5.68. The first kappa shape index (κ1) is 16.9. The topological polar surface area (TPSA) is 50.7 Å². The summed E-state index contributed by atoms with van der Waals surface area (Å²) >= 11 is 0. The van der Waals surface area contributed by atoms with Gasteiger partial charge < -0.3 is 15.0 Å². The highest BCUT2D eigenvalue weighted by Gasteiger charge is 2.49. The number of aromatic nitrogens is 1. The number of primary amides is 1. The zero-order valence-corrected chi connectivity index (χ0v) is 15.5. The summed E-state index contributed by atoms with van der Waals surface area (Å²) in [7, 11) is 0. The molecule has 6 rings (SSSR count). The molecule has 3 unspecified atom stereocenters. The van der Waals surface area contributed by atoms with Crippen LogP contribution in [0.3, 0.4) is 0 Å². The summed E-state index contributed by atoms with van der Waals surface area (Å²) in [4.78, 5) is 15.0. The van der Waals surface area contributed by atoms with Gasteiger partial charge in [-0.25, -0.2) is 0 Å². The molecule has 134 valence electrons. The van der Waals surface area contributed by atoms with Gasteiger partial charge >= 0.3 is 0 Å². The van der Waals surface area contributed by atoms with Crippen molar-refractivity contribution in [3.8, 4) is 0 Å². The van der Waals surface area contributed by atoms with Crippen LogP contribution < -0.4 is 5.73 Å². The monoisotopic (exact) mass is 359 g/mol. The van der Waals surface area contributed by atoms with Gasteiger partial charge in [-0.1, -0.05) is 13.0 Å². The van der Waals surface area contributed by atoms with Crippen LogP contribution >= 0.6 is 12.4 Å². The van der Waals surface area contributed by atoms with Gasteiger partial charge in [0.2, 0.25) is 0 Å². The largest absolute Gasteiger partial charge is 0.366 e. The van der Waals surface area contributed by atoms with Crippen LogP contribution in [0.2, 0.25) is 0 Å². The van der Waals surface area contributed by atoms with E-state index in [2.05, 4.69) is 22.4 Å². The third kappa shape index (κ3) is 2.34. The molecule has 3 saturated heterocycles. The van der Waals surface area contributed by atoms with Gasteiger partial charge in [-0.3, -0.25) is 4.79 Å². The van der Waals surface area contributed by atoms with Gasteiger partial charge in [-0.2, -0.15) is 0 Å². The molecule has 4 fully saturated rings. The number of rotatable bonds is 3. The van der Waals surface area contributed by atoms with E-state index in [9.17, 15) is 4.79 Å². The maximum Gasteiger partial charge on any atom is 0.251 e. The fourth-order valence-corrected chi connectivity index (χ4v) is 6.15. The lowest BCUT2D eigenvalue weighted by Gasteiger charge is -2.56. The van der Waals surface area contributed by atoms with Crippen molar-refractivity contribution in [3.05, 3.63) is 41.2 Å². The number of hydrogen-bond acceptors (Lipinski definition) is 2. The molecule has 1 aliphatic carbocycles. The first-order chi connectivity index (χ1) is 11.7. The molecule has 1 amide bonds. The molecule has 5 heterocycles. The summed E-state index contributed by atoms with van der Waals surface area (Å²) < 4.78 is 2.21. The number of nitrogens with zero attached hydrogens (tertiary/aromatic N) is 2. The Morgan fingerprint density at radius 1 is 1.20 bits per heavy atom. The van der Waals surface area contributed by atoms with Gasteiger partial charge in [0.15, 0.2) is 0 Å². The SMILES string of the molecule is CCc1c(C2[C@@H]3CC4C[C@H]2CN(C4)C3)c(C(N)=O)c2ccccn12.Cl. The molecular formula is C20H26ClN3O. The number of aryl methyl sites for hydroxylation is 1. The molecule has 2 N–H and O–H groups in total. The minimum atomic E-state index is -0.262. The fraction of sp³-hybridized carbons (Fsp3) is 0.550. The Hall–Kier alpha value is -1.52. The lowest BCUT2D eigenvalue weighted by Crippen LogP contribution is -2.57. The molecule has 3 aliphatic heterocycles. The Morgan fingerprint density at radius 2 is 1.92 bits per heavy atom. The van der Waals surface area contributed by atoms with Gasteiger partial charge in [-0.15, -0.1) is 12.4 Å². The number of carbonyl (C=O) groups excluding carboxylic acids is 1. The molecule has 2 aromatic heterocycles. The Bertz CT molecular complexity index is 800. The Labute approximate surface area is 154 Å². The van der Waals surface area contributed by atoms with Gasteiger partial charge in [0.1, 0.15) is 0 Å². The van der Waals surface area contributed by atoms with Crippen molar-refractivity contribution < 1.29 is 4.79 Å². The first-order valence-corrected chi connectivity index (χ1v) is 9.31. The lowest BCUT2D eigenvalue weighted by atomic mass is 9.59. The minimum Gasteiger partial charge on any atom is -0.366 e. The van der Waals surface area contributed by atoms with Crippen molar-refractivity contribution in [2.24, 2.45) is 23.5 Å². The van der Waals surface area contributed by atoms with E-state index in [1.807, 2.05) is 18.2 Å². The summed E-state index contributed by atoms with van der Waals surface area (Å²) in [6, 6.07) is 6.10. The second kappa shape index (κ2) is 6.03. The second-order valence-corrected chi connectivity index (χ2v) is 8.01. The molecule has 25 heavy (non-hydrogen) atoms. The molecule has 5 atom stereocenters. The molecule has 2 aromatic rings. The zero-order valence-electron chi connectivity index (χ0n) is 14.6. The van der Waals surface area contributed by atoms with E-state index in [1.165, 1.54) is 43.7 Å².